The lowest BCUT2D eigenvalue weighted by Gasteiger charge is -2.25. The van der Waals surface area contributed by atoms with Crippen LogP contribution in [-0.4, -0.2) is 51.4 Å². The summed E-state index contributed by atoms with van der Waals surface area (Å²) in [5.74, 6) is -0.493. The molecule has 124 valence electrons. The molecule has 0 saturated heterocycles. The fourth-order valence-corrected chi connectivity index (χ4v) is 4.25. The number of hydrogen-bond donors (Lipinski definition) is 1. The first-order valence-electron chi connectivity index (χ1n) is 7.40. The number of esters is 1. The van der Waals surface area contributed by atoms with Crippen LogP contribution in [-0.2, 0) is 18.7 Å². The maximum atomic E-state index is 11.1. The third-order valence-corrected chi connectivity index (χ3v) is 5.35. The highest BCUT2D eigenvalue weighted by Crippen LogP contribution is 2.15. The molecular formula is C15H30O5Si. The topological polar surface area (TPSA) is 65.0 Å². The number of ether oxygens (including phenoxy) is 2. The van der Waals surface area contributed by atoms with E-state index in [-0.39, 0.29) is 19.3 Å². The Bertz CT molecular complexity index is 328. The monoisotopic (exact) mass is 318 g/mol. The van der Waals surface area contributed by atoms with E-state index in [1.54, 1.807) is 6.92 Å². The minimum Gasteiger partial charge on any atom is -0.460 e. The van der Waals surface area contributed by atoms with Crippen LogP contribution in [0.5, 0.6) is 0 Å². The molecule has 0 aliphatic carbocycles. The van der Waals surface area contributed by atoms with Crippen molar-refractivity contribution in [3.05, 3.63) is 12.2 Å². The molecule has 0 aliphatic rings. The van der Waals surface area contributed by atoms with Crippen LogP contribution in [0.3, 0.4) is 0 Å². The Morgan fingerprint density at radius 2 is 1.90 bits per heavy atom. The van der Waals surface area contributed by atoms with Gasteiger partial charge in [-0.05, 0) is 46.3 Å². The molecule has 6 heteroatoms. The van der Waals surface area contributed by atoms with Crippen LogP contribution in [0.4, 0.5) is 0 Å². The van der Waals surface area contributed by atoms with E-state index in [0.717, 1.165) is 12.5 Å². The molecule has 0 radical (unpaired) electrons. The molecule has 0 aromatic rings. The van der Waals surface area contributed by atoms with Crippen LogP contribution in [0.25, 0.3) is 0 Å². The smallest absolute Gasteiger partial charge is 0.333 e. The Hall–Kier alpha value is -0.693. The van der Waals surface area contributed by atoms with Gasteiger partial charge in [0.2, 0.25) is 0 Å². The highest BCUT2D eigenvalue weighted by Gasteiger charge is 2.23. The molecule has 0 aliphatic heterocycles. The first kappa shape index (κ1) is 20.3. The zero-order valence-corrected chi connectivity index (χ0v) is 15.0. The number of rotatable bonds is 11. The Balaban J connectivity index is 3.67. The lowest BCUT2D eigenvalue weighted by molar-refractivity contribution is -0.143. The average Bonchev–Trinajstić information content (AvgIpc) is 2.33. The fraction of sp³-hybridized carbons (Fsp3) is 0.800. The van der Waals surface area contributed by atoms with Crippen molar-refractivity contribution in [3.8, 4) is 0 Å². The molecule has 1 unspecified atom stereocenters. The first-order valence-corrected chi connectivity index (χ1v) is 10.5. The van der Waals surface area contributed by atoms with Gasteiger partial charge in [-0.1, -0.05) is 6.58 Å². The second kappa shape index (κ2) is 10.1. The van der Waals surface area contributed by atoms with E-state index in [0.29, 0.717) is 12.2 Å². The summed E-state index contributed by atoms with van der Waals surface area (Å²) in [5, 5.41) is 9.61. The summed E-state index contributed by atoms with van der Waals surface area (Å²) in [6, 6.07) is 1.02. The molecule has 0 amide bonds. The van der Waals surface area contributed by atoms with E-state index in [2.05, 4.69) is 19.7 Å². The summed E-state index contributed by atoms with van der Waals surface area (Å²) in [6.07, 6.45) is 0.368. The summed E-state index contributed by atoms with van der Waals surface area (Å²) >= 11 is 0. The van der Waals surface area contributed by atoms with Crippen molar-refractivity contribution in [1.29, 1.82) is 0 Å². The van der Waals surface area contributed by atoms with Crippen molar-refractivity contribution < 1.29 is 23.8 Å². The number of carbonyl (C=O) groups is 1. The normalized spacial score (nSPS) is 13.3. The molecule has 21 heavy (non-hydrogen) atoms. The van der Waals surface area contributed by atoms with Crippen molar-refractivity contribution >= 4 is 14.3 Å². The minimum absolute atomic E-state index is 0.0671. The summed E-state index contributed by atoms with van der Waals surface area (Å²) < 4.78 is 16.2. The van der Waals surface area contributed by atoms with Gasteiger partial charge < -0.3 is 19.0 Å². The van der Waals surface area contributed by atoms with Crippen LogP contribution < -0.4 is 0 Å². The number of aliphatic hydroxyl groups excluding tert-OH is 1. The van der Waals surface area contributed by atoms with Crippen LogP contribution in [0.2, 0.25) is 19.1 Å². The highest BCUT2D eigenvalue weighted by atomic mass is 28.4. The predicted octanol–water partition coefficient (Wildman–Crippen LogP) is 2.50. The lowest BCUT2D eigenvalue weighted by atomic mass is 10.3. The number of carbonyl (C=O) groups excluding carboxylic acids is 1. The van der Waals surface area contributed by atoms with E-state index in [1.807, 2.05) is 13.8 Å². The van der Waals surface area contributed by atoms with Gasteiger partial charge in [0, 0.05) is 18.3 Å². The van der Waals surface area contributed by atoms with Gasteiger partial charge in [0.05, 0.1) is 6.61 Å². The Kier molecular flexibility index (Phi) is 9.77. The van der Waals surface area contributed by atoms with Gasteiger partial charge in [0.25, 0.3) is 0 Å². The van der Waals surface area contributed by atoms with Crippen molar-refractivity contribution in [1.82, 2.24) is 0 Å². The van der Waals surface area contributed by atoms with Crippen molar-refractivity contribution in [2.45, 2.75) is 58.5 Å². The van der Waals surface area contributed by atoms with Crippen LogP contribution in [0, 0.1) is 0 Å². The van der Waals surface area contributed by atoms with Crippen molar-refractivity contribution in [2.24, 2.45) is 0 Å². The minimum atomic E-state index is -1.61. The third kappa shape index (κ3) is 11.6. The van der Waals surface area contributed by atoms with Gasteiger partial charge in [-0.2, -0.15) is 0 Å². The maximum absolute atomic E-state index is 11.1. The van der Waals surface area contributed by atoms with Crippen LogP contribution in [0.15, 0.2) is 12.2 Å². The van der Waals surface area contributed by atoms with Gasteiger partial charge in [0.15, 0.2) is 8.32 Å². The second-order valence-electron chi connectivity index (χ2n) is 6.14. The molecule has 0 aromatic heterocycles. The van der Waals surface area contributed by atoms with E-state index in [4.69, 9.17) is 13.9 Å². The molecular weight excluding hydrogens is 288 g/mol. The van der Waals surface area contributed by atoms with Crippen LogP contribution >= 0.6 is 0 Å². The Morgan fingerprint density at radius 1 is 1.29 bits per heavy atom. The fourth-order valence-electron chi connectivity index (χ4n) is 1.86. The molecule has 0 saturated carbocycles. The first-order chi connectivity index (χ1) is 9.64. The average molecular weight is 318 g/mol. The quantitative estimate of drug-likeness (QED) is 0.274. The molecule has 0 spiro atoms. The Labute approximate surface area is 129 Å². The maximum Gasteiger partial charge on any atom is 0.333 e. The third-order valence-electron chi connectivity index (χ3n) is 2.69. The standard InChI is InChI=1S/C15H30O5Si/c1-12(2)15(17)19-11-14(16)10-18-8-7-9-21(5,6)20-13(3)4/h13-14,16H,1,7-11H2,2-6H3. The predicted molar refractivity (Wildman–Crippen MR) is 85.7 cm³/mol. The second-order valence-corrected chi connectivity index (χ2v) is 10.4. The van der Waals surface area contributed by atoms with E-state index >= 15 is 0 Å². The van der Waals surface area contributed by atoms with Gasteiger partial charge in [-0.3, -0.25) is 0 Å². The zero-order chi connectivity index (χ0) is 16.5. The molecule has 5 nitrogen and oxygen atoms in total. The molecule has 0 heterocycles. The largest absolute Gasteiger partial charge is 0.460 e. The summed E-state index contributed by atoms with van der Waals surface area (Å²) in [7, 11) is -1.61. The summed E-state index contributed by atoms with van der Waals surface area (Å²) in [6.45, 7) is 14.2. The molecule has 0 aromatic carbocycles. The number of hydrogen-bond acceptors (Lipinski definition) is 5. The van der Waals surface area contributed by atoms with Gasteiger partial charge in [-0.25, -0.2) is 4.79 Å². The van der Waals surface area contributed by atoms with Crippen LogP contribution in [0.1, 0.15) is 27.2 Å². The van der Waals surface area contributed by atoms with Gasteiger partial charge in [-0.15, -0.1) is 0 Å². The molecule has 1 N–H and O–H groups in total. The summed E-state index contributed by atoms with van der Waals surface area (Å²) in [4.78, 5) is 11.1. The van der Waals surface area contributed by atoms with E-state index in [1.165, 1.54) is 0 Å². The van der Waals surface area contributed by atoms with E-state index in [9.17, 15) is 9.90 Å². The highest BCUT2D eigenvalue weighted by molar-refractivity contribution is 6.71. The van der Waals surface area contributed by atoms with E-state index < -0.39 is 20.4 Å². The molecule has 0 fully saturated rings. The molecule has 0 bridgehead atoms. The zero-order valence-electron chi connectivity index (χ0n) is 14.0. The van der Waals surface area contributed by atoms with Crippen molar-refractivity contribution in [2.75, 3.05) is 19.8 Å². The Morgan fingerprint density at radius 3 is 2.43 bits per heavy atom. The van der Waals surface area contributed by atoms with Crippen molar-refractivity contribution in [3.63, 3.8) is 0 Å². The summed E-state index contributed by atoms with van der Waals surface area (Å²) in [5.41, 5.74) is 0.320. The lowest BCUT2D eigenvalue weighted by Crippen LogP contribution is -2.33. The molecule has 1 atom stereocenters. The SMILES string of the molecule is C=C(C)C(=O)OCC(O)COCCC[Si](C)(C)OC(C)C. The van der Waals surface area contributed by atoms with Gasteiger partial charge >= 0.3 is 5.97 Å². The number of aliphatic hydroxyl groups is 1. The molecule has 0 rings (SSSR count). The van der Waals surface area contributed by atoms with Gasteiger partial charge in [0.1, 0.15) is 12.7 Å².